The summed E-state index contributed by atoms with van der Waals surface area (Å²) in [7, 11) is 0. The Kier molecular flexibility index (Phi) is 2.93. The molecule has 2 heterocycles. The minimum atomic E-state index is 0.184. The highest BCUT2D eigenvalue weighted by atomic mass is 35.5. The quantitative estimate of drug-likeness (QED) is 0.725. The third-order valence-electron chi connectivity index (χ3n) is 2.37. The summed E-state index contributed by atoms with van der Waals surface area (Å²) in [5, 5.41) is 0.184. The van der Waals surface area contributed by atoms with E-state index in [-0.39, 0.29) is 11.3 Å². The number of anilines is 2. The maximum Gasteiger partial charge on any atom is 0.226 e. The molecule has 0 amide bonds. The largest absolute Gasteiger partial charge is 0.383 e. The number of ether oxygens (including phenoxy) is 1. The second-order valence-corrected chi connectivity index (χ2v) is 3.88. The topological polar surface area (TPSA) is 64.3 Å². The van der Waals surface area contributed by atoms with Gasteiger partial charge in [-0.2, -0.15) is 0 Å². The van der Waals surface area contributed by atoms with E-state index in [1.807, 2.05) is 0 Å². The predicted molar refractivity (Wildman–Crippen MR) is 59.1 cm³/mol. The van der Waals surface area contributed by atoms with Crippen molar-refractivity contribution in [3.63, 3.8) is 0 Å². The SMILES string of the molecule is C[C@@H]1COCCN1c1cc(N)nc(Cl)n1. The molecule has 0 aromatic carbocycles. The van der Waals surface area contributed by atoms with E-state index in [0.717, 1.165) is 12.4 Å². The second-order valence-electron chi connectivity index (χ2n) is 3.54. The molecule has 1 fully saturated rings. The summed E-state index contributed by atoms with van der Waals surface area (Å²) in [6.07, 6.45) is 0. The summed E-state index contributed by atoms with van der Waals surface area (Å²) in [6.45, 7) is 4.27. The molecule has 6 heteroatoms. The molecule has 2 rings (SSSR count). The Morgan fingerprint density at radius 2 is 2.40 bits per heavy atom. The fourth-order valence-corrected chi connectivity index (χ4v) is 1.82. The zero-order valence-corrected chi connectivity index (χ0v) is 9.24. The smallest absolute Gasteiger partial charge is 0.226 e. The minimum Gasteiger partial charge on any atom is -0.383 e. The van der Waals surface area contributed by atoms with Crippen LogP contribution in [0.4, 0.5) is 11.6 Å². The first-order valence-corrected chi connectivity index (χ1v) is 5.19. The van der Waals surface area contributed by atoms with Crippen LogP contribution in [-0.4, -0.2) is 35.8 Å². The van der Waals surface area contributed by atoms with Gasteiger partial charge in [0.05, 0.1) is 19.3 Å². The van der Waals surface area contributed by atoms with E-state index >= 15 is 0 Å². The van der Waals surface area contributed by atoms with E-state index in [2.05, 4.69) is 21.8 Å². The maximum absolute atomic E-state index is 5.76. The molecule has 1 saturated heterocycles. The molecule has 5 nitrogen and oxygen atoms in total. The highest BCUT2D eigenvalue weighted by Crippen LogP contribution is 2.20. The van der Waals surface area contributed by atoms with Gasteiger partial charge in [-0.3, -0.25) is 0 Å². The van der Waals surface area contributed by atoms with Crippen LogP contribution >= 0.6 is 11.6 Å². The molecule has 1 aliphatic heterocycles. The van der Waals surface area contributed by atoms with E-state index in [1.165, 1.54) is 0 Å². The van der Waals surface area contributed by atoms with Crippen molar-refractivity contribution in [1.82, 2.24) is 9.97 Å². The standard InChI is InChI=1S/C9H13ClN4O/c1-6-5-15-3-2-14(6)8-4-7(11)12-9(10)13-8/h4,6H,2-3,5H2,1H3,(H2,11,12,13)/t6-/m1/s1. The lowest BCUT2D eigenvalue weighted by molar-refractivity contribution is 0.0985. The average Bonchev–Trinajstić information content (AvgIpc) is 2.16. The molecule has 0 spiro atoms. The van der Waals surface area contributed by atoms with Gasteiger partial charge in [-0.1, -0.05) is 0 Å². The van der Waals surface area contributed by atoms with Gasteiger partial charge in [0.15, 0.2) is 0 Å². The van der Waals surface area contributed by atoms with Gasteiger partial charge in [-0.05, 0) is 18.5 Å². The molecule has 0 saturated carbocycles. The summed E-state index contributed by atoms with van der Waals surface area (Å²) >= 11 is 5.76. The first kappa shape index (κ1) is 10.4. The summed E-state index contributed by atoms with van der Waals surface area (Å²) < 4.78 is 5.34. The third-order valence-corrected chi connectivity index (χ3v) is 2.54. The van der Waals surface area contributed by atoms with Gasteiger partial charge in [0, 0.05) is 12.6 Å². The molecule has 1 aliphatic rings. The first-order valence-electron chi connectivity index (χ1n) is 4.81. The molecule has 2 N–H and O–H groups in total. The molecule has 82 valence electrons. The van der Waals surface area contributed by atoms with Crippen molar-refractivity contribution in [3.05, 3.63) is 11.3 Å². The van der Waals surface area contributed by atoms with Crippen LogP contribution < -0.4 is 10.6 Å². The van der Waals surface area contributed by atoms with Gasteiger partial charge in [-0.25, -0.2) is 9.97 Å². The lowest BCUT2D eigenvalue weighted by Gasteiger charge is -2.34. The summed E-state index contributed by atoms with van der Waals surface area (Å²) in [6, 6.07) is 2.01. The number of aromatic nitrogens is 2. The molecule has 0 radical (unpaired) electrons. The van der Waals surface area contributed by atoms with Gasteiger partial charge in [-0.15, -0.1) is 0 Å². The summed E-state index contributed by atoms with van der Waals surface area (Å²) in [5.74, 6) is 1.16. The number of nitrogens with two attached hydrogens (primary N) is 1. The van der Waals surface area contributed by atoms with E-state index in [0.29, 0.717) is 19.0 Å². The van der Waals surface area contributed by atoms with Crippen molar-refractivity contribution in [2.24, 2.45) is 0 Å². The number of nitrogens with zero attached hydrogens (tertiary/aromatic N) is 3. The number of hydrogen-bond acceptors (Lipinski definition) is 5. The number of hydrogen-bond donors (Lipinski definition) is 1. The van der Waals surface area contributed by atoms with Crippen molar-refractivity contribution >= 4 is 23.2 Å². The van der Waals surface area contributed by atoms with Crippen LogP contribution in [0, 0.1) is 0 Å². The van der Waals surface area contributed by atoms with Crippen LogP contribution in [0.25, 0.3) is 0 Å². The lowest BCUT2D eigenvalue weighted by Crippen LogP contribution is -2.44. The van der Waals surface area contributed by atoms with E-state index in [4.69, 9.17) is 22.1 Å². The molecule has 1 aromatic rings. The van der Waals surface area contributed by atoms with Crippen molar-refractivity contribution in [2.45, 2.75) is 13.0 Å². The molecule has 0 unspecified atom stereocenters. The monoisotopic (exact) mass is 228 g/mol. The van der Waals surface area contributed by atoms with E-state index in [9.17, 15) is 0 Å². The van der Waals surface area contributed by atoms with Crippen LogP contribution in [0.5, 0.6) is 0 Å². The van der Waals surface area contributed by atoms with Crippen molar-refractivity contribution in [3.8, 4) is 0 Å². The van der Waals surface area contributed by atoms with Crippen LogP contribution in [0.1, 0.15) is 6.92 Å². The molecule has 0 bridgehead atoms. The van der Waals surface area contributed by atoms with Crippen LogP contribution in [0.2, 0.25) is 5.28 Å². The molecule has 1 aromatic heterocycles. The number of morpholine rings is 1. The van der Waals surface area contributed by atoms with E-state index < -0.39 is 0 Å². The van der Waals surface area contributed by atoms with Gasteiger partial charge < -0.3 is 15.4 Å². The number of halogens is 1. The Hall–Kier alpha value is -1.07. The lowest BCUT2D eigenvalue weighted by atomic mass is 10.2. The van der Waals surface area contributed by atoms with Gasteiger partial charge in [0.1, 0.15) is 11.6 Å². The Bertz CT molecular complexity index is 340. The zero-order chi connectivity index (χ0) is 10.8. The third kappa shape index (κ3) is 2.30. The van der Waals surface area contributed by atoms with Crippen LogP contribution in [0.3, 0.4) is 0 Å². The van der Waals surface area contributed by atoms with Crippen molar-refractivity contribution < 1.29 is 4.74 Å². The fourth-order valence-electron chi connectivity index (χ4n) is 1.64. The Morgan fingerprint density at radius 1 is 1.60 bits per heavy atom. The van der Waals surface area contributed by atoms with Crippen molar-refractivity contribution in [2.75, 3.05) is 30.4 Å². The predicted octanol–water partition coefficient (Wildman–Crippen LogP) is 0.937. The second kappa shape index (κ2) is 4.20. The maximum atomic E-state index is 5.76. The van der Waals surface area contributed by atoms with Crippen LogP contribution in [-0.2, 0) is 4.74 Å². The highest BCUT2D eigenvalue weighted by Gasteiger charge is 2.20. The molecular weight excluding hydrogens is 216 g/mol. The van der Waals surface area contributed by atoms with E-state index in [1.54, 1.807) is 6.07 Å². The highest BCUT2D eigenvalue weighted by molar-refractivity contribution is 6.28. The number of nitrogen functional groups attached to an aromatic ring is 1. The summed E-state index contributed by atoms with van der Waals surface area (Å²) in [4.78, 5) is 10.1. The Morgan fingerprint density at radius 3 is 3.07 bits per heavy atom. The normalized spacial score (nSPS) is 21.7. The molecule has 15 heavy (non-hydrogen) atoms. The zero-order valence-electron chi connectivity index (χ0n) is 8.48. The van der Waals surface area contributed by atoms with Gasteiger partial charge in [0.25, 0.3) is 0 Å². The first-order chi connectivity index (χ1) is 7.16. The average molecular weight is 229 g/mol. The number of rotatable bonds is 1. The Balaban J connectivity index is 2.27. The van der Waals surface area contributed by atoms with Crippen molar-refractivity contribution in [1.29, 1.82) is 0 Å². The van der Waals surface area contributed by atoms with Gasteiger partial charge >= 0.3 is 0 Å². The molecule has 1 atom stereocenters. The molecule has 0 aliphatic carbocycles. The fraction of sp³-hybridized carbons (Fsp3) is 0.556. The Labute approximate surface area is 93.2 Å². The van der Waals surface area contributed by atoms with Crippen LogP contribution in [0.15, 0.2) is 6.07 Å². The minimum absolute atomic E-state index is 0.184. The van der Waals surface area contributed by atoms with Gasteiger partial charge in [0.2, 0.25) is 5.28 Å². The molecular formula is C9H13ClN4O. The summed E-state index contributed by atoms with van der Waals surface area (Å²) in [5.41, 5.74) is 5.62.